The first-order valence-corrected chi connectivity index (χ1v) is 10.2. The number of hydrogen-bond acceptors (Lipinski definition) is 5. The predicted octanol–water partition coefficient (Wildman–Crippen LogP) is 4.59. The van der Waals surface area contributed by atoms with E-state index in [4.69, 9.17) is 14.2 Å². The van der Waals surface area contributed by atoms with Crippen molar-refractivity contribution in [3.8, 4) is 17.2 Å². The number of anilines is 1. The van der Waals surface area contributed by atoms with Gasteiger partial charge in [-0.25, -0.2) is 4.68 Å². The van der Waals surface area contributed by atoms with Crippen molar-refractivity contribution in [1.82, 2.24) is 9.78 Å². The quantitative estimate of drug-likeness (QED) is 0.510. The van der Waals surface area contributed by atoms with Crippen molar-refractivity contribution >= 4 is 11.6 Å². The van der Waals surface area contributed by atoms with Crippen LogP contribution in [0.5, 0.6) is 11.5 Å². The lowest BCUT2D eigenvalue weighted by Gasteiger charge is -2.14. The number of hydrogen-bond donors (Lipinski definition) is 1. The van der Waals surface area contributed by atoms with E-state index in [0.717, 1.165) is 11.4 Å². The molecule has 0 aliphatic carbocycles. The van der Waals surface area contributed by atoms with Crippen LogP contribution >= 0.6 is 0 Å². The zero-order valence-electron chi connectivity index (χ0n) is 18.6. The summed E-state index contributed by atoms with van der Waals surface area (Å²) in [6, 6.07) is 13.3. The fourth-order valence-corrected chi connectivity index (χ4v) is 3.28. The van der Waals surface area contributed by atoms with Crippen molar-refractivity contribution in [1.29, 1.82) is 0 Å². The normalized spacial score (nSPS) is 10.9. The third kappa shape index (κ3) is 5.24. The summed E-state index contributed by atoms with van der Waals surface area (Å²) in [5.41, 5.74) is 4.09. The molecular formula is C24H29N3O4. The Morgan fingerprint density at radius 2 is 1.81 bits per heavy atom. The molecule has 3 aromatic rings. The van der Waals surface area contributed by atoms with Crippen molar-refractivity contribution in [3.05, 3.63) is 65.5 Å². The van der Waals surface area contributed by atoms with Gasteiger partial charge in [0.25, 0.3) is 5.91 Å². The lowest BCUT2D eigenvalue weighted by atomic mass is 10.0. The maximum absolute atomic E-state index is 13.1. The molecule has 1 amide bonds. The van der Waals surface area contributed by atoms with Gasteiger partial charge >= 0.3 is 0 Å². The highest BCUT2D eigenvalue weighted by molar-refractivity contribution is 6.05. The Morgan fingerprint density at radius 1 is 1.06 bits per heavy atom. The average Bonchev–Trinajstić information content (AvgIpc) is 3.20. The Labute approximate surface area is 182 Å². The first-order chi connectivity index (χ1) is 14.9. The Bertz CT molecular complexity index is 1030. The second kappa shape index (κ2) is 10.1. The highest BCUT2D eigenvalue weighted by Crippen LogP contribution is 2.31. The highest BCUT2D eigenvalue weighted by Gasteiger charge is 2.21. The number of carbonyl (C=O) groups is 1. The van der Waals surface area contributed by atoms with E-state index in [9.17, 15) is 4.79 Å². The summed E-state index contributed by atoms with van der Waals surface area (Å²) in [7, 11) is 3.19. The molecule has 2 aromatic carbocycles. The number of ether oxygens (including phenoxy) is 3. The lowest BCUT2D eigenvalue weighted by molar-refractivity contribution is 0.102. The van der Waals surface area contributed by atoms with E-state index >= 15 is 0 Å². The van der Waals surface area contributed by atoms with Crippen molar-refractivity contribution in [2.24, 2.45) is 0 Å². The summed E-state index contributed by atoms with van der Waals surface area (Å²) in [4.78, 5) is 13.1. The van der Waals surface area contributed by atoms with Crippen LogP contribution in [-0.2, 0) is 4.74 Å². The number of methoxy groups -OCH3 is 2. The number of aromatic nitrogens is 2. The third-order valence-electron chi connectivity index (χ3n) is 4.84. The number of carbonyl (C=O) groups excluding carboxylic acids is 1. The fourth-order valence-electron chi connectivity index (χ4n) is 3.28. The van der Waals surface area contributed by atoms with E-state index in [0.29, 0.717) is 36.0 Å². The number of benzene rings is 2. The largest absolute Gasteiger partial charge is 0.493 e. The van der Waals surface area contributed by atoms with Crippen LogP contribution in [0.15, 0.2) is 48.7 Å². The molecule has 0 fully saturated rings. The van der Waals surface area contributed by atoms with Crippen LogP contribution in [-0.4, -0.2) is 43.1 Å². The Morgan fingerprint density at radius 3 is 2.45 bits per heavy atom. The topological polar surface area (TPSA) is 74.6 Å². The molecule has 0 aliphatic rings. The first-order valence-electron chi connectivity index (χ1n) is 10.2. The van der Waals surface area contributed by atoms with Gasteiger partial charge in [-0.2, -0.15) is 5.10 Å². The van der Waals surface area contributed by atoms with Crippen LogP contribution < -0.4 is 14.8 Å². The first kappa shape index (κ1) is 22.4. The Kier molecular flexibility index (Phi) is 7.31. The van der Waals surface area contributed by atoms with Crippen LogP contribution in [0.4, 0.5) is 5.69 Å². The fraction of sp³-hybridized carbons (Fsp3) is 0.333. The van der Waals surface area contributed by atoms with E-state index in [2.05, 4.69) is 10.4 Å². The molecule has 1 N–H and O–H groups in total. The van der Waals surface area contributed by atoms with E-state index in [1.54, 1.807) is 38.6 Å². The van der Waals surface area contributed by atoms with Crippen molar-refractivity contribution in [2.45, 2.75) is 26.7 Å². The molecule has 1 heterocycles. The molecule has 7 nitrogen and oxygen atoms in total. The standard InChI is InChI=1S/C24H29N3O4/c1-16(2)23-20(15-25-27(23)19-9-6-17(3)7-10-19)24(28)26-18-8-11-21(30-5)22(14-18)31-13-12-29-4/h6-11,14-16H,12-13H2,1-5H3,(H,26,28). The number of nitrogens with zero attached hydrogens (tertiary/aromatic N) is 2. The molecule has 0 spiro atoms. The monoisotopic (exact) mass is 423 g/mol. The van der Waals surface area contributed by atoms with Crippen LogP contribution in [0, 0.1) is 6.92 Å². The van der Waals surface area contributed by atoms with E-state index in [1.807, 2.05) is 49.7 Å². The molecule has 0 unspecified atom stereocenters. The Hall–Kier alpha value is -3.32. The SMILES string of the molecule is COCCOc1cc(NC(=O)c2cnn(-c3ccc(C)cc3)c2C(C)C)ccc1OC. The lowest BCUT2D eigenvalue weighted by Crippen LogP contribution is -2.15. The van der Waals surface area contributed by atoms with Gasteiger partial charge in [0.05, 0.1) is 36.9 Å². The molecular weight excluding hydrogens is 394 g/mol. The summed E-state index contributed by atoms with van der Waals surface area (Å²) in [5, 5.41) is 7.44. The van der Waals surface area contributed by atoms with Gasteiger partial charge in [-0.15, -0.1) is 0 Å². The van der Waals surface area contributed by atoms with Gasteiger partial charge in [0.2, 0.25) is 0 Å². The maximum Gasteiger partial charge on any atom is 0.259 e. The minimum Gasteiger partial charge on any atom is -0.493 e. The molecule has 0 aliphatic heterocycles. The van der Waals surface area contributed by atoms with Crippen molar-refractivity contribution in [2.75, 3.05) is 32.8 Å². The molecule has 164 valence electrons. The van der Waals surface area contributed by atoms with Crippen LogP contribution in [0.2, 0.25) is 0 Å². The zero-order valence-corrected chi connectivity index (χ0v) is 18.6. The molecule has 1 aromatic heterocycles. The number of nitrogens with one attached hydrogen (secondary N) is 1. The molecule has 0 saturated carbocycles. The van der Waals surface area contributed by atoms with E-state index in [-0.39, 0.29) is 11.8 Å². The number of aryl methyl sites for hydroxylation is 1. The van der Waals surface area contributed by atoms with Crippen LogP contribution in [0.1, 0.15) is 41.4 Å². The molecule has 3 rings (SSSR count). The van der Waals surface area contributed by atoms with Gasteiger partial charge in [0.15, 0.2) is 11.5 Å². The molecule has 31 heavy (non-hydrogen) atoms. The molecule has 0 saturated heterocycles. The predicted molar refractivity (Wildman–Crippen MR) is 121 cm³/mol. The summed E-state index contributed by atoms with van der Waals surface area (Å²) < 4.78 is 17.9. The van der Waals surface area contributed by atoms with Gasteiger partial charge in [-0.3, -0.25) is 4.79 Å². The van der Waals surface area contributed by atoms with E-state index < -0.39 is 0 Å². The molecule has 0 bridgehead atoms. The van der Waals surface area contributed by atoms with Crippen LogP contribution in [0.25, 0.3) is 5.69 Å². The summed E-state index contributed by atoms with van der Waals surface area (Å²) >= 11 is 0. The summed E-state index contributed by atoms with van der Waals surface area (Å²) in [6.07, 6.45) is 1.62. The number of amides is 1. The maximum atomic E-state index is 13.1. The van der Waals surface area contributed by atoms with Crippen molar-refractivity contribution < 1.29 is 19.0 Å². The third-order valence-corrected chi connectivity index (χ3v) is 4.84. The van der Waals surface area contributed by atoms with E-state index in [1.165, 1.54) is 5.56 Å². The van der Waals surface area contributed by atoms with Crippen LogP contribution in [0.3, 0.4) is 0 Å². The average molecular weight is 424 g/mol. The second-order valence-corrected chi connectivity index (χ2v) is 7.51. The summed E-state index contributed by atoms with van der Waals surface area (Å²) in [6.45, 7) is 6.97. The minimum absolute atomic E-state index is 0.105. The highest BCUT2D eigenvalue weighted by atomic mass is 16.5. The second-order valence-electron chi connectivity index (χ2n) is 7.51. The summed E-state index contributed by atoms with van der Waals surface area (Å²) in [5.74, 6) is 1.00. The molecule has 7 heteroatoms. The Balaban J connectivity index is 1.86. The van der Waals surface area contributed by atoms with Gasteiger partial charge in [0.1, 0.15) is 6.61 Å². The van der Waals surface area contributed by atoms with Gasteiger partial charge in [0, 0.05) is 18.9 Å². The van der Waals surface area contributed by atoms with Gasteiger partial charge < -0.3 is 19.5 Å². The zero-order chi connectivity index (χ0) is 22.4. The molecule has 0 atom stereocenters. The van der Waals surface area contributed by atoms with Gasteiger partial charge in [-0.05, 0) is 37.1 Å². The number of rotatable bonds is 9. The molecule has 0 radical (unpaired) electrons. The van der Waals surface area contributed by atoms with Gasteiger partial charge in [-0.1, -0.05) is 31.5 Å². The minimum atomic E-state index is -0.227. The van der Waals surface area contributed by atoms with Crippen molar-refractivity contribution in [3.63, 3.8) is 0 Å². The smallest absolute Gasteiger partial charge is 0.259 e.